The molecule has 0 aromatic carbocycles. The molecule has 0 aliphatic carbocycles. The van der Waals surface area contributed by atoms with Crippen molar-refractivity contribution in [3.8, 4) is 0 Å². The fraction of sp³-hybridized carbons (Fsp3) is 1.00. The molecule has 0 aliphatic rings. The van der Waals surface area contributed by atoms with Crippen molar-refractivity contribution in [3.63, 3.8) is 0 Å². The maximum atomic E-state index is 11.8. The number of quaternary nitrogens is 1. The molecule has 0 radical (unpaired) electrons. The molecule has 380 valence electrons. The Bertz CT molecular complexity index is 885. The van der Waals surface area contributed by atoms with Gasteiger partial charge in [-0.1, -0.05) is 290 Å². The van der Waals surface area contributed by atoms with Crippen LogP contribution in [0.4, 0.5) is 0 Å². The summed E-state index contributed by atoms with van der Waals surface area (Å²) in [5.74, 6) is -0.649. The highest BCUT2D eigenvalue weighted by atomic mass is 32.2. The van der Waals surface area contributed by atoms with Gasteiger partial charge in [-0.15, -0.1) is 0 Å². The van der Waals surface area contributed by atoms with Gasteiger partial charge in [-0.05, 0) is 38.5 Å². The minimum absolute atomic E-state index is 0.414. The van der Waals surface area contributed by atoms with Crippen LogP contribution in [0.25, 0.3) is 0 Å². The summed E-state index contributed by atoms with van der Waals surface area (Å²) in [4.78, 5) is 0. The van der Waals surface area contributed by atoms with E-state index in [9.17, 15) is 18.1 Å². The largest absolute Gasteiger partial charge is 0.748 e. The average Bonchev–Trinajstić information content (AvgIpc) is 3.25. The Hall–Kier alpha value is -0.170. The third kappa shape index (κ3) is 49.6. The van der Waals surface area contributed by atoms with E-state index in [0.29, 0.717) is 6.54 Å². The van der Waals surface area contributed by atoms with Crippen molar-refractivity contribution in [3.05, 3.63) is 0 Å². The van der Waals surface area contributed by atoms with E-state index in [2.05, 4.69) is 20.8 Å². The van der Waals surface area contributed by atoms with Gasteiger partial charge in [0.1, 0.15) is 12.6 Å². The van der Waals surface area contributed by atoms with E-state index in [4.69, 9.17) is 0 Å². The molecule has 0 fully saturated rings. The molecule has 1 atom stereocenters. The summed E-state index contributed by atoms with van der Waals surface area (Å²) in [6, 6.07) is 0. The second-order valence-electron chi connectivity index (χ2n) is 21.0. The monoisotopic (exact) mass is 912 g/mol. The van der Waals surface area contributed by atoms with Crippen molar-refractivity contribution in [2.24, 2.45) is 0 Å². The molecule has 6 heteroatoms. The first-order valence-electron chi connectivity index (χ1n) is 29.2. The van der Waals surface area contributed by atoms with Crippen LogP contribution in [0.5, 0.6) is 0 Å². The maximum absolute atomic E-state index is 11.8. The minimum atomic E-state index is -4.46. The highest BCUT2D eigenvalue weighted by Gasteiger charge is 2.30. The smallest absolute Gasteiger partial charge is 0.116 e. The zero-order valence-corrected chi connectivity index (χ0v) is 44.4. The molecule has 0 heterocycles. The molecule has 0 amide bonds. The van der Waals surface area contributed by atoms with Crippen LogP contribution in [0.15, 0.2) is 0 Å². The van der Waals surface area contributed by atoms with E-state index in [-0.39, 0.29) is 0 Å². The molecule has 0 aromatic rings. The molecular weight excluding hydrogens is 795 g/mol. The van der Waals surface area contributed by atoms with Crippen molar-refractivity contribution >= 4 is 10.1 Å². The first kappa shape index (κ1) is 62.8. The quantitative estimate of drug-likeness (QED) is 0.0375. The Balaban J connectivity index is 4.79. The van der Waals surface area contributed by atoms with Gasteiger partial charge in [0, 0.05) is 0 Å². The number of rotatable bonds is 55. The number of hydrogen-bond donors (Lipinski definition) is 1. The lowest BCUT2D eigenvalue weighted by molar-refractivity contribution is -0.931. The molecule has 0 saturated carbocycles. The van der Waals surface area contributed by atoms with Gasteiger partial charge in [0.05, 0.1) is 35.5 Å². The molecule has 0 rings (SSSR count). The molecule has 0 saturated heterocycles. The van der Waals surface area contributed by atoms with Gasteiger partial charge in [0.25, 0.3) is 0 Å². The first-order chi connectivity index (χ1) is 30.8. The second kappa shape index (κ2) is 49.7. The van der Waals surface area contributed by atoms with Crippen molar-refractivity contribution in [2.45, 2.75) is 335 Å². The third-order valence-electron chi connectivity index (χ3n) is 14.5. The van der Waals surface area contributed by atoms with Crippen LogP contribution < -0.4 is 0 Å². The van der Waals surface area contributed by atoms with Crippen LogP contribution in [-0.2, 0) is 10.1 Å². The van der Waals surface area contributed by atoms with Crippen molar-refractivity contribution < 1.29 is 22.6 Å². The van der Waals surface area contributed by atoms with Gasteiger partial charge in [-0.2, -0.15) is 0 Å². The molecule has 1 unspecified atom stereocenters. The van der Waals surface area contributed by atoms with Gasteiger partial charge in [0.15, 0.2) is 0 Å². The Kier molecular flexibility index (Phi) is 49.6. The summed E-state index contributed by atoms with van der Waals surface area (Å²) in [6.07, 6.45) is 64.0. The summed E-state index contributed by atoms with van der Waals surface area (Å²) in [5, 5.41) is 11.0. The molecule has 5 nitrogen and oxygen atoms in total. The Labute approximate surface area is 398 Å². The fourth-order valence-electron chi connectivity index (χ4n) is 10.3. The van der Waals surface area contributed by atoms with Crippen LogP contribution in [0.2, 0.25) is 0 Å². The summed E-state index contributed by atoms with van der Waals surface area (Å²) in [7, 11) is -4.46. The number of aliphatic hydroxyl groups excluding tert-OH is 1. The van der Waals surface area contributed by atoms with E-state index in [1.54, 1.807) is 0 Å². The second-order valence-corrected chi connectivity index (χ2v) is 22.4. The Morgan fingerprint density at radius 3 is 0.635 bits per heavy atom. The third-order valence-corrected chi connectivity index (χ3v) is 15.2. The lowest BCUT2D eigenvalue weighted by atomic mass is 10.0. The van der Waals surface area contributed by atoms with Gasteiger partial charge in [-0.3, -0.25) is 0 Å². The lowest BCUT2D eigenvalue weighted by Crippen LogP contribution is -2.55. The van der Waals surface area contributed by atoms with Gasteiger partial charge in [-0.25, -0.2) is 8.42 Å². The highest BCUT2D eigenvalue weighted by molar-refractivity contribution is 7.85. The van der Waals surface area contributed by atoms with Crippen LogP contribution >= 0.6 is 0 Å². The van der Waals surface area contributed by atoms with Gasteiger partial charge >= 0.3 is 0 Å². The van der Waals surface area contributed by atoms with Crippen molar-refractivity contribution in [2.75, 3.05) is 31.9 Å². The topological polar surface area (TPSA) is 77.4 Å². The number of aliphatic hydroxyl groups is 1. The molecule has 0 aromatic heterocycles. The SMILES string of the molecule is CCCCCCCCCCCCCCCCCC[N+](CCCCCCCCCCCCCCCCCC)(CCCCCCCCCCCCCCCCCC)CC(O)CS(=O)(=O)[O-]. The number of nitrogens with zero attached hydrogens (tertiary/aromatic N) is 1. The van der Waals surface area contributed by atoms with E-state index in [1.165, 1.54) is 289 Å². The Morgan fingerprint density at radius 2 is 0.476 bits per heavy atom. The van der Waals surface area contributed by atoms with Crippen LogP contribution in [0, 0.1) is 0 Å². The number of unbranched alkanes of at least 4 members (excludes halogenated alkanes) is 45. The molecular formula is C57H117NO4S. The van der Waals surface area contributed by atoms with E-state index < -0.39 is 22.0 Å². The van der Waals surface area contributed by atoms with Crippen molar-refractivity contribution in [1.82, 2.24) is 0 Å². The van der Waals surface area contributed by atoms with Crippen LogP contribution in [0.3, 0.4) is 0 Å². The minimum Gasteiger partial charge on any atom is -0.748 e. The van der Waals surface area contributed by atoms with Gasteiger partial charge in [0.2, 0.25) is 0 Å². The molecule has 1 N–H and O–H groups in total. The highest BCUT2D eigenvalue weighted by Crippen LogP contribution is 2.22. The summed E-state index contributed by atoms with van der Waals surface area (Å²) >= 11 is 0. The van der Waals surface area contributed by atoms with Gasteiger partial charge < -0.3 is 14.1 Å². The van der Waals surface area contributed by atoms with Crippen LogP contribution in [0.1, 0.15) is 329 Å². The predicted octanol–water partition coefficient (Wildman–Crippen LogP) is 18.5. The average molecular weight is 913 g/mol. The zero-order chi connectivity index (χ0) is 46.1. The van der Waals surface area contributed by atoms with E-state index in [1.807, 2.05) is 0 Å². The summed E-state index contributed by atoms with van der Waals surface area (Å²) in [6.45, 7) is 10.3. The van der Waals surface area contributed by atoms with Crippen molar-refractivity contribution in [1.29, 1.82) is 0 Å². The van der Waals surface area contributed by atoms with Crippen LogP contribution in [-0.4, -0.2) is 60.6 Å². The molecule has 0 spiro atoms. The lowest BCUT2D eigenvalue weighted by Gasteiger charge is -2.41. The van der Waals surface area contributed by atoms with E-state index in [0.717, 1.165) is 43.4 Å². The normalized spacial score (nSPS) is 12.8. The summed E-state index contributed by atoms with van der Waals surface area (Å²) in [5.41, 5.74) is 0. The molecule has 0 aliphatic heterocycles. The first-order valence-corrected chi connectivity index (χ1v) is 30.8. The summed E-state index contributed by atoms with van der Waals surface area (Å²) < 4.78 is 36.1. The maximum Gasteiger partial charge on any atom is 0.116 e. The molecule has 0 bridgehead atoms. The Morgan fingerprint density at radius 1 is 0.317 bits per heavy atom. The molecule has 63 heavy (non-hydrogen) atoms. The standard InChI is InChI=1S/C57H117NO4S/c1-4-7-10-13-16-19-22-25-28-31-34-37-40-43-46-49-52-58(55-57(59)56-63(60,61)62,53-50-47-44-41-38-35-32-29-26-23-20-17-14-11-8-5-2)54-51-48-45-42-39-36-33-30-27-24-21-18-15-12-9-6-3/h57,59H,4-56H2,1-3H3. The van der Waals surface area contributed by atoms with E-state index >= 15 is 0 Å². The zero-order valence-electron chi connectivity index (χ0n) is 43.6. The predicted molar refractivity (Wildman–Crippen MR) is 279 cm³/mol. The fourth-order valence-corrected chi connectivity index (χ4v) is 10.9. The number of hydrogen-bond acceptors (Lipinski definition) is 4.